The predicted molar refractivity (Wildman–Crippen MR) is 75.6 cm³/mol. The molecule has 3 nitrogen and oxygen atoms in total. The molecule has 0 rings (SSSR count). The van der Waals surface area contributed by atoms with Gasteiger partial charge in [0.25, 0.3) is 0 Å². The molecule has 0 fully saturated rings. The molecule has 0 saturated carbocycles. The maximum absolute atomic E-state index is 12.2. The van der Waals surface area contributed by atoms with Crippen LogP contribution in [0.25, 0.3) is 0 Å². The first-order valence-electron chi connectivity index (χ1n) is 7.11. The van der Waals surface area contributed by atoms with Gasteiger partial charge in [-0.2, -0.15) is 0 Å². The summed E-state index contributed by atoms with van der Waals surface area (Å²) in [6.07, 6.45) is 1.71. The highest BCUT2D eigenvalue weighted by molar-refractivity contribution is 5.89. The summed E-state index contributed by atoms with van der Waals surface area (Å²) in [5.74, 6) is 0.690. The Morgan fingerprint density at radius 3 is 1.83 bits per heavy atom. The van der Waals surface area contributed by atoms with Gasteiger partial charge in [-0.05, 0) is 5.92 Å². The van der Waals surface area contributed by atoms with Gasteiger partial charge < -0.3 is 5.32 Å². The second kappa shape index (κ2) is 8.41. The van der Waals surface area contributed by atoms with Gasteiger partial charge in [-0.15, -0.1) is 0 Å². The molecule has 1 unspecified atom stereocenters. The minimum Gasteiger partial charge on any atom is -0.305 e. The average Bonchev–Trinajstić information content (AvgIpc) is 2.31. The van der Waals surface area contributed by atoms with E-state index in [4.69, 9.17) is 0 Å². The van der Waals surface area contributed by atoms with E-state index in [0.29, 0.717) is 18.8 Å². The normalized spacial score (nSPS) is 14.9. The molecule has 106 valence electrons. The third-order valence-corrected chi connectivity index (χ3v) is 3.33. The Balaban J connectivity index is 4.42. The lowest BCUT2D eigenvalue weighted by molar-refractivity contribution is -0.127. The highest BCUT2D eigenvalue weighted by atomic mass is 16.1. The average molecular weight is 255 g/mol. The topological polar surface area (TPSA) is 46.2 Å². The summed E-state index contributed by atoms with van der Waals surface area (Å²) in [4.78, 5) is 23.8. The van der Waals surface area contributed by atoms with Crippen molar-refractivity contribution in [2.45, 2.75) is 72.9 Å². The van der Waals surface area contributed by atoms with Crippen molar-refractivity contribution in [2.24, 2.45) is 11.8 Å². The molecular formula is C15H29NO2. The van der Waals surface area contributed by atoms with E-state index in [9.17, 15) is 9.59 Å². The van der Waals surface area contributed by atoms with Crippen molar-refractivity contribution in [2.75, 3.05) is 0 Å². The molecular weight excluding hydrogens is 226 g/mol. The highest BCUT2D eigenvalue weighted by Crippen LogP contribution is 2.13. The molecule has 0 spiro atoms. The minimum atomic E-state index is -0.116. The van der Waals surface area contributed by atoms with E-state index in [-0.39, 0.29) is 29.6 Å². The third-order valence-electron chi connectivity index (χ3n) is 3.33. The smallest absolute Gasteiger partial charge is 0.150 e. The van der Waals surface area contributed by atoms with Crippen LogP contribution in [0.5, 0.6) is 0 Å². The lowest BCUT2D eigenvalue weighted by atomic mass is 9.91. The molecule has 0 radical (unpaired) electrons. The number of carbonyl (C=O) groups excluding carboxylic acids is 2. The van der Waals surface area contributed by atoms with E-state index in [0.717, 1.165) is 6.42 Å². The van der Waals surface area contributed by atoms with Crippen LogP contribution in [0.15, 0.2) is 0 Å². The molecule has 0 aromatic heterocycles. The largest absolute Gasteiger partial charge is 0.305 e. The van der Waals surface area contributed by atoms with Crippen LogP contribution >= 0.6 is 0 Å². The number of Topliss-reactive ketones (excluding diaryl/α,β-unsaturated/α-hetero) is 2. The van der Waals surface area contributed by atoms with Crippen molar-refractivity contribution in [3.63, 3.8) is 0 Å². The molecule has 18 heavy (non-hydrogen) atoms. The summed E-state index contributed by atoms with van der Waals surface area (Å²) in [6.45, 7) is 12.0. The summed E-state index contributed by atoms with van der Waals surface area (Å²) in [7, 11) is 0. The number of carbonyl (C=O) groups is 2. The lowest BCUT2D eigenvalue weighted by Crippen LogP contribution is -2.45. The molecule has 0 bridgehead atoms. The van der Waals surface area contributed by atoms with Crippen LogP contribution in [-0.4, -0.2) is 23.7 Å². The molecule has 2 atom stereocenters. The Bertz CT molecular complexity index is 272. The molecule has 3 heteroatoms. The van der Waals surface area contributed by atoms with Gasteiger partial charge in [0.15, 0.2) is 0 Å². The van der Waals surface area contributed by atoms with Crippen LogP contribution in [-0.2, 0) is 9.59 Å². The number of ketones is 2. The molecule has 0 aromatic carbocycles. The minimum absolute atomic E-state index is 0.0258. The molecule has 0 heterocycles. The Morgan fingerprint density at radius 2 is 1.44 bits per heavy atom. The van der Waals surface area contributed by atoms with Crippen molar-refractivity contribution >= 4 is 11.6 Å². The fourth-order valence-electron chi connectivity index (χ4n) is 1.86. The Kier molecular flexibility index (Phi) is 8.08. The summed E-state index contributed by atoms with van der Waals surface area (Å²) in [5, 5.41) is 3.32. The van der Waals surface area contributed by atoms with Crippen LogP contribution in [0, 0.1) is 11.8 Å². The lowest BCUT2D eigenvalue weighted by Gasteiger charge is -2.25. The zero-order valence-electron chi connectivity index (χ0n) is 12.7. The molecule has 0 aliphatic rings. The van der Waals surface area contributed by atoms with Crippen LogP contribution in [0.2, 0.25) is 0 Å². The standard InChI is InChI=1S/C15H29NO2/c1-7-12(6)15(16-11(4)5)14(18)9-8-13(17)10(2)3/h10-12,15-16H,7-9H2,1-6H3/t12?,15-/m1/s1. The predicted octanol–water partition coefficient (Wildman–Crippen LogP) is 2.97. The van der Waals surface area contributed by atoms with Crippen molar-refractivity contribution in [1.29, 1.82) is 0 Å². The molecule has 0 saturated heterocycles. The van der Waals surface area contributed by atoms with Gasteiger partial charge in [-0.1, -0.05) is 48.0 Å². The summed E-state index contributed by atoms with van der Waals surface area (Å²) < 4.78 is 0. The quantitative estimate of drug-likeness (QED) is 0.689. The van der Waals surface area contributed by atoms with E-state index in [1.54, 1.807) is 0 Å². The van der Waals surface area contributed by atoms with Gasteiger partial charge in [0, 0.05) is 24.8 Å². The fraction of sp³-hybridized carbons (Fsp3) is 0.867. The van der Waals surface area contributed by atoms with Crippen molar-refractivity contribution in [3.8, 4) is 0 Å². The zero-order chi connectivity index (χ0) is 14.3. The van der Waals surface area contributed by atoms with E-state index in [2.05, 4.69) is 19.2 Å². The van der Waals surface area contributed by atoms with Gasteiger partial charge in [-0.25, -0.2) is 0 Å². The Hall–Kier alpha value is -0.700. The van der Waals surface area contributed by atoms with Crippen LogP contribution in [0.3, 0.4) is 0 Å². The number of hydrogen-bond donors (Lipinski definition) is 1. The molecule has 0 aliphatic heterocycles. The highest BCUT2D eigenvalue weighted by Gasteiger charge is 2.24. The second-order valence-electron chi connectivity index (χ2n) is 5.77. The third kappa shape index (κ3) is 6.29. The SMILES string of the molecule is CCC(C)[C@@H](NC(C)C)C(=O)CCC(=O)C(C)C. The maximum atomic E-state index is 12.2. The van der Waals surface area contributed by atoms with Crippen molar-refractivity contribution in [3.05, 3.63) is 0 Å². The molecule has 0 amide bonds. The van der Waals surface area contributed by atoms with Gasteiger partial charge in [0.05, 0.1) is 6.04 Å². The van der Waals surface area contributed by atoms with Crippen LogP contribution < -0.4 is 5.32 Å². The van der Waals surface area contributed by atoms with Gasteiger partial charge in [0.1, 0.15) is 11.6 Å². The summed E-state index contributed by atoms with van der Waals surface area (Å²) in [5.41, 5.74) is 0. The van der Waals surface area contributed by atoms with E-state index >= 15 is 0 Å². The van der Waals surface area contributed by atoms with Crippen molar-refractivity contribution in [1.82, 2.24) is 5.32 Å². The molecule has 1 N–H and O–H groups in total. The van der Waals surface area contributed by atoms with Gasteiger partial charge in [0.2, 0.25) is 0 Å². The molecule has 0 aliphatic carbocycles. The zero-order valence-corrected chi connectivity index (χ0v) is 12.7. The van der Waals surface area contributed by atoms with Crippen molar-refractivity contribution < 1.29 is 9.59 Å². The van der Waals surface area contributed by atoms with Gasteiger partial charge in [-0.3, -0.25) is 9.59 Å². The Morgan fingerprint density at radius 1 is 0.944 bits per heavy atom. The summed E-state index contributed by atoms with van der Waals surface area (Å²) >= 11 is 0. The van der Waals surface area contributed by atoms with E-state index < -0.39 is 0 Å². The van der Waals surface area contributed by atoms with Crippen LogP contribution in [0.1, 0.15) is 60.8 Å². The number of nitrogens with one attached hydrogen (secondary N) is 1. The Labute approximate surface area is 112 Å². The van der Waals surface area contributed by atoms with E-state index in [1.807, 2.05) is 27.7 Å². The van der Waals surface area contributed by atoms with Crippen LogP contribution in [0.4, 0.5) is 0 Å². The fourth-order valence-corrected chi connectivity index (χ4v) is 1.86. The second-order valence-corrected chi connectivity index (χ2v) is 5.77. The first kappa shape index (κ1) is 17.3. The maximum Gasteiger partial charge on any atom is 0.150 e. The monoisotopic (exact) mass is 255 g/mol. The van der Waals surface area contributed by atoms with E-state index in [1.165, 1.54) is 0 Å². The number of rotatable bonds is 9. The molecule has 0 aromatic rings. The first-order valence-corrected chi connectivity index (χ1v) is 7.11. The first-order chi connectivity index (χ1) is 8.29. The van der Waals surface area contributed by atoms with Gasteiger partial charge >= 0.3 is 0 Å². The number of hydrogen-bond acceptors (Lipinski definition) is 3. The summed E-state index contributed by atoms with van der Waals surface area (Å²) in [6, 6.07) is 0.170.